The van der Waals surface area contributed by atoms with Crippen molar-refractivity contribution in [2.75, 3.05) is 14.1 Å². The third-order valence-electron chi connectivity index (χ3n) is 10.5. The Labute approximate surface area is 293 Å². The van der Waals surface area contributed by atoms with Gasteiger partial charge in [-0.1, -0.05) is 6.92 Å². The van der Waals surface area contributed by atoms with Gasteiger partial charge in [0, 0.05) is 66.1 Å². The summed E-state index contributed by atoms with van der Waals surface area (Å²) in [4.78, 5) is 28.2. The number of hydrogen-bond acceptors (Lipinski definition) is 4. The van der Waals surface area contributed by atoms with Gasteiger partial charge in [-0.2, -0.15) is 26.3 Å². The fraction of sp³-hybridized carbons (Fsp3) is 0.421. The number of likely N-dealkylation sites (N-methyl/N-ethyl adjacent to an activating group) is 2. The van der Waals surface area contributed by atoms with E-state index in [1.54, 1.807) is 12.4 Å². The third kappa shape index (κ3) is 6.15. The molecule has 0 aromatic rings. The fourth-order valence-corrected chi connectivity index (χ4v) is 7.99. The Kier molecular flexibility index (Phi) is 9.53. The van der Waals surface area contributed by atoms with Gasteiger partial charge in [0.25, 0.3) is 11.6 Å². The summed E-state index contributed by atoms with van der Waals surface area (Å²) in [5.74, 6) is -13.9. The number of nitrogens with zero attached hydrogens (tertiary/aromatic N) is 2. The normalized spacial score (nSPS) is 27.7. The quantitative estimate of drug-likeness (QED) is 0.270. The van der Waals surface area contributed by atoms with E-state index in [0.717, 1.165) is 50.7 Å². The molecule has 6 aliphatic rings. The Balaban J connectivity index is 1.70. The van der Waals surface area contributed by atoms with E-state index >= 15 is 17.6 Å². The van der Waals surface area contributed by atoms with Crippen LogP contribution in [0.15, 0.2) is 115 Å². The van der Waals surface area contributed by atoms with Crippen molar-refractivity contribution in [3.63, 3.8) is 0 Å². The lowest BCUT2D eigenvalue weighted by molar-refractivity contribution is -0.167. The van der Waals surface area contributed by atoms with Gasteiger partial charge in [-0.05, 0) is 98.3 Å². The molecule has 0 radical (unpaired) electrons. The van der Waals surface area contributed by atoms with Gasteiger partial charge in [0.15, 0.2) is 6.17 Å². The van der Waals surface area contributed by atoms with E-state index < -0.39 is 92.5 Å². The fourth-order valence-electron chi connectivity index (χ4n) is 7.99. The molecule has 4 nitrogen and oxygen atoms in total. The van der Waals surface area contributed by atoms with Crippen LogP contribution in [0.2, 0.25) is 0 Å². The van der Waals surface area contributed by atoms with Crippen molar-refractivity contribution in [3.8, 4) is 0 Å². The molecule has 2 saturated carbocycles. The average Bonchev–Trinajstić information content (AvgIpc) is 3.05. The highest BCUT2D eigenvalue weighted by Crippen LogP contribution is 2.53. The summed E-state index contributed by atoms with van der Waals surface area (Å²) in [5, 5.41) is 0. The van der Waals surface area contributed by atoms with Gasteiger partial charge < -0.3 is 9.80 Å². The van der Waals surface area contributed by atoms with Crippen LogP contribution in [0.3, 0.4) is 0 Å². The number of carbonyl (C=O) groups excluding carboxylic acids is 2. The van der Waals surface area contributed by atoms with Gasteiger partial charge in [-0.15, -0.1) is 0 Å². The molecule has 0 N–H and O–H groups in total. The van der Waals surface area contributed by atoms with Crippen molar-refractivity contribution in [2.45, 2.75) is 83.7 Å². The summed E-state index contributed by atoms with van der Waals surface area (Å²) in [7, 11) is 2.89. The number of halogens is 10. The Morgan fingerprint density at radius 1 is 0.654 bits per heavy atom. The van der Waals surface area contributed by atoms with Crippen molar-refractivity contribution in [3.05, 3.63) is 115 Å². The molecule has 278 valence electrons. The third-order valence-corrected chi connectivity index (χ3v) is 10.5. The van der Waals surface area contributed by atoms with Crippen LogP contribution < -0.4 is 0 Å². The Morgan fingerprint density at radius 3 is 1.56 bits per heavy atom. The zero-order valence-electron chi connectivity index (χ0n) is 28.6. The van der Waals surface area contributed by atoms with Crippen molar-refractivity contribution >= 4 is 11.6 Å². The molecule has 2 fully saturated rings. The molecule has 2 atom stereocenters. The second-order valence-corrected chi connectivity index (χ2v) is 13.8. The molecular weight excluding hydrogens is 706 g/mol. The number of alkyl halides is 7. The first-order valence-electron chi connectivity index (χ1n) is 16.8. The number of allylic oxidation sites excluding steroid dienone is 16. The lowest BCUT2D eigenvalue weighted by Gasteiger charge is -2.37. The number of fused-ring (bicyclic) bond motifs is 2. The largest absolute Gasteiger partial charge is 0.455 e. The average molecular weight is 741 g/mol. The van der Waals surface area contributed by atoms with Gasteiger partial charge in [0.2, 0.25) is 0 Å². The smallest absolute Gasteiger partial charge is 0.350 e. The summed E-state index contributed by atoms with van der Waals surface area (Å²) in [6.45, 7) is 2.13. The second-order valence-electron chi connectivity index (χ2n) is 13.8. The molecule has 2 heterocycles. The highest BCUT2D eigenvalue weighted by atomic mass is 19.4. The van der Waals surface area contributed by atoms with Crippen LogP contribution in [0.4, 0.5) is 43.9 Å². The first-order chi connectivity index (χ1) is 24.2. The summed E-state index contributed by atoms with van der Waals surface area (Å²) in [5.41, 5.74) is -5.35. The maximum atomic E-state index is 16.7. The Bertz CT molecular complexity index is 1990. The standard InChI is InChI=1S/C38H34F10N2O2/c1-17-25(23-13-19-9-5-7-11-21(19)15-49(23)3)31(39)29(35(51)37(43,44)45)33(41)27(17)28-18(2)26(32(40)30(34(28)42)36(52)38(46,47)48)24-14-20-10-6-8-12-22(20)16-50(24)4/h13-17,32H,5-12H2,1-4H3. The van der Waals surface area contributed by atoms with Gasteiger partial charge in [-0.3, -0.25) is 9.59 Å². The van der Waals surface area contributed by atoms with Crippen molar-refractivity contribution in [2.24, 2.45) is 5.92 Å². The molecule has 0 aromatic heterocycles. The van der Waals surface area contributed by atoms with E-state index in [0.29, 0.717) is 36.8 Å². The maximum absolute atomic E-state index is 16.7. The topological polar surface area (TPSA) is 40.6 Å². The zero-order chi connectivity index (χ0) is 38.2. The summed E-state index contributed by atoms with van der Waals surface area (Å²) >= 11 is 0. The van der Waals surface area contributed by atoms with Crippen LogP contribution in [-0.4, -0.2) is 54.0 Å². The molecule has 0 spiro atoms. The van der Waals surface area contributed by atoms with E-state index in [9.17, 15) is 35.9 Å². The molecule has 6 rings (SSSR count). The van der Waals surface area contributed by atoms with E-state index in [4.69, 9.17) is 0 Å². The molecule has 0 aromatic carbocycles. The minimum atomic E-state index is -5.83. The van der Waals surface area contributed by atoms with Crippen LogP contribution in [0.5, 0.6) is 0 Å². The van der Waals surface area contributed by atoms with E-state index in [1.165, 1.54) is 36.0 Å². The number of Topliss-reactive ketones (excluding diaryl/α,β-unsaturated/α-hetero) is 2. The SMILES string of the molecule is CC1=C(C2=C(F)C(C(=O)C(F)(F)F)=C(F)C(=C3C=C4CCCCC4=CN3C)C2C)C(F)=C(C(=O)C(F)(F)F)C(F)C1=C1C=C2CCCCC2=CN1C. The summed E-state index contributed by atoms with van der Waals surface area (Å²) < 4.78 is 150. The minimum absolute atomic E-state index is 0.0915. The number of ketones is 2. The minimum Gasteiger partial charge on any atom is -0.350 e. The highest BCUT2D eigenvalue weighted by molar-refractivity contribution is 6.06. The van der Waals surface area contributed by atoms with Crippen molar-refractivity contribution in [1.29, 1.82) is 0 Å². The first-order valence-corrected chi connectivity index (χ1v) is 16.8. The molecule has 0 amide bonds. The van der Waals surface area contributed by atoms with E-state index in [-0.39, 0.29) is 11.4 Å². The van der Waals surface area contributed by atoms with Gasteiger partial charge in [0.05, 0.1) is 11.1 Å². The van der Waals surface area contributed by atoms with Gasteiger partial charge in [-0.25, -0.2) is 17.6 Å². The van der Waals surface area contributed by atoms with Crippen LogP contribution in [0, 0.1) is 5.92 Å². The predicted octanol–water partition coefficient (Wildman–Crippen LogP) is 10.4. The van der Waals surface area contributed by atoms with Crippen LogP contribution >= 0.6 is 0 Å². The number of hydrogen-bond donors (Lipinski definition) is 0. The predicted molar refractivity (Wildman–Crippen MR) is 172 cm³/mol. The molecular formula is C38H34F10N2O2. The maximum Gasteiger partial charge on any atom is 0.455 e. The van der Waals surface area contributed by atoms with Crippen LogP contribution in [0.1, 0.15) is 65.2 Å². The summed E-state index contributed by atoms with van der Waals surface area (Å²) in [6, 6.07) is 0. The van der Waals surface area contributed by atoms with Gasteiger partial charge >= 0.3 is 12.4 Å². The highest BCUT2D eigenvalue weighted by Gasteiger charge is 2.52. The molecule has 2 unspecified atom stereocenters. The van der Waals surface area contributed by atoms with E-state index in [1.807, 2.05) is 0 Å². The molecule has 0 bridgehead atoms. The number of rotatable bonds is 3. The Hall–Kier alpha value is -4.36. The molecule has 4 aliphatic carbocycles. The van der Waals surface area contributed by atoms with Gasteiger partial charge in [0.1, 0.15) is 17.5 Å². The molecule has 2 aliphatic heterocycles. The monoisotopic (exact) mass is 740 g/mol. The van der Waals surface area contributed by atoms with Crippen molar-refractivity contribution in [1.82, 2.24) is 9.80 Å². The first kappa shape index (κ1) is 37.4. The van der Waals surface area contributed by atoms with Crippen LogP contribution in [-0.2, 0) is 9.59 Å². The summed E-state index contributed by atoms with van der Waals surface area (Å²) in [6.07, 6.45) is -3.05. The van der Waals surface area contributed by atoms with Crippen molar-refractivity contribution < 1.29 is 53.5 Å². The zero-order valence-corrected chi connectivity index (χ0v) is 28.6. The second kappa shape index (κ2) is 13.2. The lowest BCUT2D eigenvalue weighted by atomic mass is 9.72. The van der Waals surface area contributed by atoms with Crippen LogP contribution in [0.25, 0.3) is 0 Å². The molecule has 0 saturated heterocycles. The number of carbonyl (C=O) groups is 2. The van der Waals surface area contributed by atoms with E-state index in [2.05, 4.69) is 0 Å². The Morgan fingerprint density at radius 2 is 1.10 bits per heavy atom. The molecule has 14 heteroatoms. The molecule has 52 heavy (non-hydrogen) atoms. The lowest BCUT2D eigenvalue weighted by Crippen LogP contribution is -2.35.